The minimum absolute atomic E-state index is 0.0464. The summed E-state index contributed by atoms with van der Waals surface area (Å²) in [6.07, 6.45) is 7.47. The molecule has 200 valence electrons. The molecule has 2 heterocycles. The first-order valence-electron chi connectivity index (χ1n) is 14.3. The number of aryl methyl sites for hydroxylation is 2. The molecule has 42 heavy (non-hydrogen) atoms. The number of Topliss-reactive ketones (excluding diaryl/α,β-unsaturated/α-hetero) is 1. The zero-order valence-corrected chi connectivity index (χ0v) is 23.5. The minimum Gasteiger partial charge on any atom is -0.360 e. The van der Waals surface area contributed by atoms with Gasteiger partial charge in [0.15, 0.2) is 11.3 Å². The third-order valence-electron chi connectivity index (χ3n) is 8.79. The Hall–Kier alpha value is -5.28. The number of aromatic nitrogens is 1. The van der Waals surface area contributed by atoms with E-state index in [2.05, 4.69) is 104 Å². The van der Waals surface area contributed by atoms with Crippen molar-refractivity contribution >= 4 is 55.1 Å². The van der Waals surface area contributed by atoms with Crippen molar-refractivity contribution in [2.75, 3.05) is 0 Å². The van der Waals surface area contributed by atoms with E-state index in [0.717, 1.165) is 43.8 Å². The summed E-state index contributed by atoms with van der Waals surface area (Å²) in [5.74, 6) is -0.0464. The second-order valence-electron chi connectivity index (χ2n) is 11.4. The number of ketones is 1. The molecule has 1 atom stereocenters. The van der Waals surface area contributed by atoms with Crippen LogP contribution in [0.3, 0.4) is 0 Å². The Balaban J connectivity index is 1.36. The number of H-pyrrole nitrogens is 1. The molecular formula is C39H28N2O. The van der Waals surface area contributed by atoms with E-state index >= 15 is 0 Å². The lowest BCUT2D eigenvalue weighted by Gasteiger charge is -2.27. The minimum atomic E-state index is -1.16. The Bertz CT molecular complexity index is 2290. The smallest absolute Gasteiger partial charge is 0.200 e. The van der Waals surface area contributed by atoms with Crippen LogP contribution in [0.4, 0.5) is 0 Å². The number of rotatable bonds is 4. The van der Waals surface area contributed by atoms with Crippen LogP contribution in [-0.4, -0.2) is 17.0 Å². The number of hydrogen-bond donors (Lipinski definition) is 1. The maximum absolute atomic E-state index is 14.8. The first kappa shape index (κ1) is 24.5. The summed E-state index contributed by atoms with van der Waals surface area (Å²) < 4.78 is 0. The molecule has 7 aromatic rings. The summed E-state index contributed by atoms with van der Waals surface area (Å²) in [5.41, 5.74) is 4.78. The van der Waals surface area contributed by atoms with Gasteiger partial charge in [0.2, 0.25) is 0 Å². The van der Waals surface area contributed by atoms with Gasteiger partial charge in [-0.1, -0.05) is 90.5 Å². The van der Waals surface area contributed by atoms with Crippen LogP contribution in [-0.2, 0) is 5.54 Å². The Morgan fingerprint density at radius 2 is 1.43 bits per heavy atom. The van der Waals surface area contributed by atoms with Gasteiger partial charge < -0.3 is 4.98 Å². The molecular weight excluding hydrogens is 512 g/mol. The zero-order valence-electron chi connectivity index (χ0n) is 23.5. The number of nitrogens with zero attached hydrogens (tertiary/aromatic N) is 1. The molecule has 0 saturated carbocycles. The van der Waals surface area contributed by atoms with Gasteiger partial charge in [0, 0.05) is 34.8 Å². The molecule has 1 N–H and O–H groups in total. The predicted octanol–water partition coefficient (Wildman–Crippen LogP) is 9.63. The number of fused-ring (bicyclic) bond motifs is 4. The van der Waals surface area contributed by atoms with Crippen LogP contribution >= 0.6 is 0 Å². The maximum atomic E-state index is 14.8. The first-order chi connectivity index (χ1) is 20.5. The summed E-state index contributed by atoms with van der Waals surface area (Å²) in [6, 6.07) is 36.1. The van der Waals surface area contributed by atoms with Crippen molar-refractivity contribution in [3.8, 4) is 11.3 Å². The molecule has 3 heteroatoms. The highest BCUT2D eigenvalue weighted by molar-refractivity contribution is 6.17. The maximum Gasteiger partial charge on any atom is 0.200 e. The van der Waals surface area contributed by atoms with Crippen molar-refractivity contribution in [3.05, 3.63) is 144 Å². The lowest BCUT2D eigenvalue weighted by molar-refractivity contribution is 0.0925. The largest absolute Gasteiger partial charge is 0.360 e. The molecule has 0 spiro atoms. The SMILES string of the molecule is Cc1ccc2cc3ccccc3c(-c3cc(C(=O)C4(c5c6ccccc6cc6c(C)cccc56)C=CC=N4)c[nH]3)c2c1. The number of aliphatic imine (C=N–C) groups is 1. The van der Waals surface area contributed by atoms with Crippen LogP contribution in [0.25, 0.3) is 54.3 Å². The summed E-state index contributed by atoms with van der Waals surface area (Å²) in [5, 5.41) is 9.00. The van der Waals surface area contributed by atoms with Crippen molar-refractivity contribution in [1.82, 2.24) is 4.98 Å². The highest BCUT2D eigenvalue weighted by Crippen LogP contribution is 2.44. The number of carbonyl (C=O) groups is 1. The van der Waals surface area contributed by atoms with Crippen LogP contribution < -0.4 is 0 Å². The topological polar surface area (TPSA) is 45.2 Å². The summed E-state index contributed by atoms with van der Waals surface area (Å²) in [7, 11) is 0. The number of hydrogen-bond acceptors (Lipinski definition) is 2. The fraction of sp³-hybridized carbons (Fsp3) is 0.0769. The van der Waals surface area contributed by atoms with Crippen LogP contribution in [0.5, 0.6) is 0 Å². The quantitative estimate of drug-likeness (QED) is 0.175. The van der Waals surface area contributed by atoms with E-state index in [-0.39, 0.29) is 5.78 Å². The molecule has 1 aliphatic heterocycles. The van der Waals surface area contributed by atoms with Gasteiger partial charge in [0.25, 0.3) is 0 Å². The van der Waals surface area contributed by atoms with Gasteiger partial charge in [0.1, 0.15) is 0 Å². The summed E-state index contributed by atoms with van der Waals surface area (Å²) >= 11 is 0. The summed E-state index contributed by atoms with van der Waals surface area (Å²) in [6.45, 7) is 4.24. The van der Waals surface area contributed by atoms with Crippen molar-refractivity contribution in [3.63, 3.8) is 0 Å². The van der Waals surface area contributed by atoms with Gasteiger partial charge in [-0.2, -0.15) is 0 Å². The number of aromatic amines is 1. The number of allylic oxidation sites excluding steroid dienone is 1. The average Bonchev–Trinajstić information content (AvgIpc) is 3.70. The van der Waals surface area contributed by atoms with E-state index in [1.807, 2.05) is 36.5 Å². The Morgan fingerprint density at radius 1 is 0.690 bits per heavy atom. The van der Waals surface area contributed by atoms with E-state index in [1.165, 1.54) is 27.3 Å². The second kappa shape index (κ2) is 9.12. The van der Waals surface area contributed by atoms with E-state index in [4.69, 9.17) is 4.99 Å². The van der Waals surface area contributed by atoms with Gasteiger partial charge in [0.05, 0.1) is 0 Å². The predicted molar refractivity (Wildman–Crippen MR) is 176 cm³/mol. The highest BCUT2D eigenvalue weighted by atomic mass is 16.1. The molecule has 0 amide bonds. The van der Waals surface area contributed by atoms with E-state index < -0.39 is 5.54 Å². The normalized spacial score (nSPS) is 16.3. The second-order valence-corrected chi connectivity index (χ2v) is 11.4. The van der Waals surface area contributed by atoms with Gasteiger partial charge >= 0.3 is 0 Å². The highest BCUT2D eigenvalue weighted by Gasteiger charge is 2.42. The van der Waals surface area contributed by atoms with Gasteiger partial charge in [-0.15, -0.1) is 0 Å². The zero-order chi connectivity index (χ0) is 28.4. The van der Waals surface area contributed by atoms with Crippen LogP contribution in [0, 0.1) is 13.8 Å². The molecule has 1 aliphatic rings. The van der Waals surface area contributed by atoms with Gasteiger partial charge in [-0.3, -0.25) is 9.79 Å². The number of nitrogens with one attached hydrogen (secondary N) is 1. The van der Waals surface area contributed by atoms with Gasteiger partial charge in [-0.05, 0) is 92.9 Å². The molecule has 1 unspecified atom stereocenters. The van der Waals surface area contributed by atoms with Crippen molar-refractivity contribution in [1.29, 1.82) is 0 Å². The van der Waals surface area contributed by atoms with E-state index in [9.17, 15) is 4.79 Å². The monoisotopic (exact) mass is 540 g/mol. The van der Waals surface area contributed by atoms with Crippen molar-refractivity contribution < 1.29 is 4.79 Å². The number of carbonyl (C=O) groups excluding carboxylic acids is 1. The van der Waals surface area contributed by atoms with E-state index in [0.29, 0.717) is 5.56 Å². The van der Waals surface area contributed by atoms with E-state index in [1.54, 1.807) is 6.21 Å². The molecule has 8 rings (SSSR count). The standard InChI is InChI=1S/C39H28N2O/c1-24-15-16-28-20-26-10-3-5-12-30(26)36(34(28)19-24)35-22-29(23-40-35)38(42)39(17-8-18-41-39)37-31-13-6-4-11-27(31)21-33-25(2)9-7-14-32(33)37/h3-23,40H,1-2H3. The molecule has 6 aromatic carbocycles. The number of benzene rings is 6. The Morgan fingerprint density at radius 3 is 2.24 bits per heavy atom. The third-order valence-corrected chi connectivity index (χ3v) is 8.79. The molecule has 3 nitrogen and oxygen atoms in total. The van der Waals surface area contributed by atoms with Crippen molar-refractivity contribution in [2.24, 2.45) is 4.99 Å². The third kappa shape index (κ3) is 3.53. The molecule has 1 aromatic heterocycles. The average molecular weight is 541 g/mol. The molecule has 0 fully saturated rings. The first-order valence-corrected chi connectivity index (χ1v) is 14.3. The fourth-order valence-corrected chi connectivity index (χ4v) is 6.79. The van der Waals surface area contributed by atoms with Crippen LogP contribution in [0.1, 0.15) is 27.0 Å². The van der Waals surface area contributed by atoms with Gasteiger partial charge in [-0.25, -0.2) is 0 Å². The Kier molecular flexibility index (Phi) is 5.32. The molecule has 0 bridgehead atoms. The lowest BCUT2D eigenvalue weighted by atomic mass is 9.78. The lowest BCUT2D eigenvalue weighted by Crippen LogP contribution is -2.31. The summed E-state index contributed by atoms with van der Waals surface area (Å²) in [4.78, 5) is 23.2. The van der Waals surface area contributed by atoms with Crippen molar-refractivity contribution in [2.45, 2.75) is 19.4 Å². The molecule has 0 saturated heterocycles. The Labute approximate surface area is 243 Å². The fourth-order valence-electron chi connectivity index (χ4n) is 6.79. The van der Waals surface area contributed by atoms with Crippen LogP contribution in [0.15, 0.2) is 126 Å². The van der Waals surface area contributed by atoms with Crippen LogP contribution in [0.2, 0.25) is 0 Å². The molecule has 0 radical (unpaired) electrons. The molecule has 0 aliphatic carbocycles.